The van der Waals surface area contributed by atoms with Gasteiger partial charge in [-0.2, -0.15) is 29.0 Å². The van der Waals surface area contributed by atoms with Crippen molar-refractivity contribution in [2.75, 3.05) is 5.32 Å². The molecule has 1 aromatic carbocycles. The van der Waals surface area contributed by atoms with Crippen LogP contribution in [0.2, 0.25) is 0 Å². The first kappa shape index (κ1) is 17.6. The van der Waals surface area contributed by atoms with Gasteiger partial charge in [-0.05, 0) is 36.6 Å². The van der Waals surface area contributed by atoms with E-state index in [0.29, 0.717) is 24.1 Å². The summed E-state index contributed by atoms with van der Waals surface area (Å²) >= 11 is 0. The molecule has 0 saturated heterocycles. The Kier molecular flexibility index (Phi) is 4.68. The second kappa shape index (κ2) is 6.39. The Morgan fingerprint density at radius 2 is 1.83 bits per heavy atom. The van der Waals surface area contributed by atoms with Crippen molar-refractivity contribution in [2.45, 2.75) is 43.6 Å². The van der Waals surface area contributed by atoms with Gasteiger partial charge >= 0.3 is 6.18 Å². The molecule has 0 bridgehead atoms. The highest BCUT2D eigenvalue weighted by molar-refractivity contribution is 5.58. The van der Waals surface area contributed by atoms with E-state index >= 15 is 0 Å². The molecule has 2 N–H and O–H groups in total. The van der Waals surface area contributed by atoms with E-state index in [4.69, 9.17) is 15.8 Å². The Balaban J connectivity index is 2.49. The van der Waals surface area contributed by atoms with Crippen LogP contribution < -0.4 is 10.6 Å². The molecule has 2 atom stereocenters. The predicted octanol–water partition coefficient (Wildman–Crippen LogP) is 3.24. The fraction of sp³-hybridized carbons (Fsp3) is 0.438. The molecule has 24 heavy (non-hydrogen) atoms. The van der Waals surface area contributed by atoms with Gasteiger partial charge in [0.25, 0.3) is 5.54 Å². The summed E-state index contributed by atoms with van der Waals surface area (Å²) in [4.78, 5) is 0. The van der Waals surface area contributed by atoms with Gasteiger partial charge in [0.05, 0.1) is 5.56 Å². The number of hydrogen-bond acceptors (Lipinski definition) is 5. The highest BCUT2D eigenvalue weighted by Crippen LogP contribution is 2.39. The Morgan fingerprint density at radius 1 is 1.21 bits per heavy atom. The molecule has 1 aromatic rings. The third kappa shape index (κ3) is 3.27. The van der Waals surface area contributed by atoms with Gasteiger partial charge in [0.15, 0.2) is 0 Å². The highest BCUT2D eigenvalue weighted by atomic mass is 19.4. The summed E-state index contributed by atoms with van der Waals surface area (Å²) in [5.41, 5.74) is -2.13. The Hall–Kier alpha value is -2.76. The summed E-state index contributed by atoms with van der Waals surface area (Å²) in [5.74, 6) is 0. The lowest BCUT2D eigenvalue weighted by molar-refractivity contribution is -0.137. The first-order valence-corrected chi connectivity index (χ1v) is 7.27. The van der Waals surface area contributed by atoms with Crippen LogP contribution in [0.4, 0.5) is 18.9 Å². The van der Waals surface area contributed by atoms with Crippen molar-refractivity contribution in [3.05, 3.63) is 29.3 Å². The van der Waals surface area contributed by atoms with Crippen LogP contribution in [0.5, 0.6) is 0 Å². The molecule has 124 valence electrons. The predicted molar refractivity (Wildman–Crippen MR) is 79.2 cm³/mol. The van der Waals surface area contributed by atoms with Crippen LogP contribution >= 0.6 is 0 Å². The third-order valence-corrected chi connectivity index (χ3v) is 4.02. The lowest BCUT2D eigenvalue weighted by atomic mass is 9.88. The average molecular weight is 333 g/mol. The fourth-order valence-electron chi connectivity index (χ4n) is 2.69. The van der Waals surface area contributed by atoms with Crippen molar-refractivity contribution in [1.82, 2.24) is 5.32 Å². The van der Waals surface area contributed by atoms with E-state index in [9.17, 15) is 13.2 Å². The zero-order valence-corrected chi connectivity index (χ0v) is 12.8. The van der Waals surface area contributed by atoms with Crippen molar-refractivity contribution in [3.63, 3.8) is 0 Å². The standard InChI is InChI=1S/C16H14F3N5/c1-2-11-6-14(24-15(7-20,8-21)9-22)12-5-10(16(17,18)19)3-4-13(12)23-11/h3-5,11,14,23-24H,2,6H2,1H3. The van der Waals surface area contributed by atoms with Crippen LogP contribution in [0.25, 0.3) is 0 Å². The second-order valence-electron chi connectivity index (χ2n) is 5.57. The number of nitrogens with one attached hydrogen (secondary N) is 2. The summed E-state index contributed by atoms with van der Waals surface area (Å²) in [7, 11) is 0. The van der Waals surface area contributed by atoms with Crippen LogP contribution in [-0.4, -0.2) is 11.6 Å². The number of halogens is 3. The third-order valence-electron chi connectivity index (χ3n) is 4.02. The zero-order valence-electron chi connectivity index (χ0n) is 12.8. The molecule has 2 unspecified atom stereocenters. The number of hydrogen-bond donors (Lipinski definition) is 2. The zero-order chi connectivity index (χ0) is 18.0. The minimum Gasteiger partial charge on any atom is -0.382 e. The Bertz CT molecular complexity index is 715. The van der Waals surface area contributed by atoms with E-state index in [0.717, 1.165) is 12.1 Å². The molecular formula is C16H14F3N5. The summed E-state index contributed by atoms with van der Waals surface area (Å²) in [6, 6.07) is 7.33. The van der Waals surface area contributed by atoms with Crippen molar-refractivity contribution in [2.24, 2.45) is 0 Å². The molecule has 1 aliphatic rings. The molecule has 0 aliphatic carbocycles. The minimum atomic E-state index is -4.50. The van der Waals surface area contributed by atoms with E-state index in [2.05, 4.69) is 10.6 Å². The molecule has 0 aromatic heterocycles. The van der Waals surface area contributed by atoms with Crippen molar-refractivity contribution in [3.8, 4) is 18.2 Å². The quantitative estimate of drug-likeness (QED) is 0.885. The number of nitrogens with zero attached hydrogens (tertiary/aromatic N) is 3. The van der Waals surface area contributed by atoms with Crippen LogP contribution in [0.3, 0.4) is 0 Å². The van der Waals surface area contributed by atoms with Gasteiger partial charge in [0.1, 0.15) is 18.2 Å². The van der Waals surface area contributed by atoms with Gasteiger partial charge in [-0.3, -0.25) is 5.32 Å². The molecule has 5 nitrogen and oxygen atoms in total. The first-order valence-electron chi connectivity index (χ1n) is 7.27. The number of rotatable bonds is 3. The Morgan fingerprint density at radius 3 is 2.33 bits per heavy atom. The number of fused-ring (bicyclic) bond motifs is 1. The Labute approximate surface area is 137 Å². The molecule has 1 heterocycles. The van der Waals surface area contributed by atoms with Gasteiger partial charge in [-0.25, -0.2) is 0 Å². The van der Waals surface area contributed by atoms with Crippen molar-refractivity contribution in [1.29, 1.82) is 15.8 Å². The lowest BCUT2D eigenvalue weighted by Crippen LogP contribution is -2.46. The molecule has 8 heteroatoms. The molecule has 0 amide bonds. The smallest absolute Gasteiger partial charge is 0.382 e. The lowest BCUT2D eigenvalue weighted by Gasteiger charge is -2.35. The molecule has 0 fully saturated rings. The molecule has 0 saturated carbocycles. The van der Waals surface area contributed by atoms with Crippen molar-refractivity contribution < 1.29 is 13.2 Å². The van der Waals surface area contributed by atoms with E-state index in [1.54, 1.807) is 18.2 Å². The molecule has 0 spiro atoms. The molecule has 0 radical (unpaired) electrons. The fourth-order valence-corrected chi connectivity index (χ4v) is 2.69. The molecule has 1 aliphatic heterocycles. The topological polar surface area (TPSA) is 95.4 Å². The second-order valence-corrected chi connectivity index (χ2v) is 5.57. The maximum Gasteiger partial charge on any atom is 0.416 e. The van der Waals surface area contributed by atoms with E-state index in [-0.39, 0.29) is 6.04 Å². The van der Waals surface area contributed by atoms with Crippen LogP contribution in [0.1, 0.15) is 36.9 Å². The van der Waals surface area contributed by atoms with E-state index in [1.807, 2.05) is 6.92 Å². The molecular weight excluding hydrogens is 319 g/mol. The minimum absolute atomic E-state index is 0.0412. The summed E-state index contributed by atoms with van der Waals surface area (Å²) in [6.07, 6.45) is -3.44. The SMILES string of the molecule is CCC1CC(NC(C#N)(C#N)C#N)c2cc(C(F)(F)F)ccc2N1. The van der Waals surface area contributed by atoms with Gasteiger partial charge in [0, 0.05) is 17.8 Å². The van der Waals surface area contributed by atoms with Gasteiger partial charge in [0.2, 0.25) is 0 Å². The van der Waals surface area contributed by atoms with Crippen LogP contribution in [0.15, 0.2) is 18.2 Å². The monoisotopic (exact) mass is 333 g/mol. The van der Waals surface area contributed by atoms with Crippen LogP contribution in [-0.2, 0) is 6.18 Å². The summed E-state index contributed by atoms with van der Waals surface area (Å²) in [5, 5.41) is 33.1. The average Bonchev–Trinajstić information content (AvgIpc) is 2.58. The number of anilines is 1. The summed E-state index contributed by atoms with van der Waals surface area (Å²) < 4.78 is 38.9. The summed E-state index contributed by atoms with van der Waals surface area (Å²) in [6.45, 7) is 1.91. The highest BCUT2D eigenvalue weighted by Gasteiger charge is 2.38. The van der Waals surface area contributed by atoms with Gasteiger partial charge < -0.3 is 5.32 Å². The number of benzene rings is 1. The van der Waals surface area contributed by atoms with Gasteiger partial charge in [-0.15, -0.1) is 0 Å². The van der Waals surface area contributed by atoms with E-state index in [1.165, 1.54) is 6.07 Å². The number of alkyl halides is 3. The van der Waals surface area contributed by atoms with Crippen molar-refractivity contribution >= 4 is 5.69 Å². The maximum absolute atomic E-state index is 13.0. The van der Waals surface area contributed by atoms with Crippen LogP contribution in [0, 0.1) is 34.0 Å². The largest absolute Gasteiger partial charge is 0.416 e. The first-order chi connectivity index (χ1) is 11.3. The number of nitriles is 3. The normalized spacial score (nSPS) is 20.0. The maximum atomic E-state index is 13.0. The van der Waals surface area contributed by atoms with Gasteiger partial charge in [-0.1, -0.05) is 6.92 Å². The molecule has 2 rings (SSSR count). The van der Waals surface area contributed by atoms with E-state index < -0.39 is 23.3 Å².